The quantitative estimate of drug-likeness (QED) is 0.806. The highest BCUT2D eigenvalue weighted by Crippen LogP contribution is 2.23. The number of nitrogens with two attached hydrogens (primary N) is 1. The standard InChI is InChI=1S/C22H30FN5O/c23-21-14-25-7-2-18(21)16-28-11-5-20(6-12-28)29-19-3-9-27(10-4-19)15-17-1-8-26-22(24)13-17/h1-2,7-8,13-14,19-20H,3-6,9-12,15-16H2,(H2,24,26). The van der Waals surface area contributed by atoms with Gasteiger partial charge in [-0.15, -0.1) is 0 Å². The first-order chi connectivity index (χ1) is 14.2. The predicted octanol–water partition coefficient (Wildman–Crippen LogP) is 2.84. The second kappa shape index (κ2) is 9.61. The third-order valence-electron chi connectivity index (χ3n) is 5.96. The van der Waals surface area contributed by atoms with Crippen molar-refractivity contribution in [2.24, 2.45) is 0 Å². The molecule has 29 heavy (non-hydrogen) atoms. The molecule has 2 aliphatic rings. The van der Waals surface area contributed by atoms with Crippen LogP contribution < -0.4 is 5.73 Å². The Bertz CT molecular complexity index is 788. The minimum atomic E-state index is -0.216. The number of piperidine rings is 2. The predicted molar refractivity (Wildman–Crippen MR) is 111 cm³/mol. The zero-order chi connectivity index (χ0) is 20.1. The Labute approximate surface area is 171 Å². The van der Waals surface area contributed by atoms with Crippen LogP contribution in [-0.4, -0.2) is 58.2 Å². The molecule has 0 spiro atoms. The summed E-state index contributed by atoms with van der Waals surface area (Å²) < 4.78 is 20.2. The summed E-state index contributed by atoms with van der Waals surface area (Å²) in [6, 6.07) is 5.75. The number of hydrogen-bond acceptors (Lipinski definition) is 6. The molecule has 4 rings (SSSR count). The number of aromatic nitrogens is 2. The molecular weight excluding hydrogens is 369 g/mol. The molecule has 2 aromatic rings. The molecule has 2 aliphatic heterocycles. The van der Waals surface area contributed by atoms with Gasteiger partial charge in [0, 0.05) is 57.2 Å². The molecule has 2 N–H and O–H groups in total. The molecule has 0 saturated carbocycles. The number of nitrogen functional groups attached to an aromatic ring is 1. The Morgan fingerprint density at radius 1 is 0.966 bits per heavy atom. The van der Waals surface area contributed by atoms with Gasteiger partial charge in [-0.2, -0.15) is 0 Å². The maximum Gasteiger partial charge on any atom is 0.145 e. The fraction of sp³-hybridized carbons (Fsp3) is 0.545. The van der Waals surface area contributed by atoms with Crippen molar-refractivity contribution in [2.45, 2.75) is 51.0 Å². The largest absolute Gasteiger partial charge is 0.384 e. The molecule has 2 fully saturated rings. The van der Waals surface area contributed by atoms with E-state index in [2.05, 4.69) is 19.8 Å². The number of halogens is 1. The SMILES string of the molecule is Nc1cc(CN2CCC(OC3CCN(Cc4ccncc4F)CC3)CC2)ccn1. The van der Waals surface area contributed by atoms with Gasteiger partial charge in [-0.3, -0.25) is 14.8 Å². The monoisotopic (exact) mass is 399 g/mol. The topological polar surface area (TPSA) is 67.5 Å². The third kappa shape index (κ3) is 5.72. The molecular formula is C22H30FN5O. The van der Waals surface area contributed by atoms with E-state index in [4.69, 9.17) is 10.5 Å². The minimum absolute atomic E-state index is 0.216. The third-order valence-corrected chi connectivity index (χ3v) is 5.96. The van der Waals surface area contributed by atoms with E-state index in [1.54, 1.807) is 18.5 Å². The van der Waals surface area contributed by atoms with Gasteiger partial charge in [-0.05, 0) is 49.4 Å². The number of nitrogens with zero attached hydrogens (tertiary/aromatic N) is 4. The highest BCUT2D eigenvalue weighted by atomic mass is 19.1. The van der Waals surface area contributed by atoms with E-state index in [0.717, 1.165) is 64.0 Å². The Morgan fingerprint density at radius 3 is 2.24 bits per heavy atom. The van der Waals surface area contributed by atoms with Crippen molar-refractivity contribution in [1.29, 1.82) is 0 Å². The number of ether oxygens (including phenoxy) is 1. The average Bonchev–Trinajstić information content (AvgIpc) is 2.73. The van der Waals surface area contributed by atoms with Crippen molar-refractivity contribution in [3.05, 3.63) is 53.7 Å². The molecule has 0 atom stereocenters. The number of hydrogen-bond donors (Lipinski definition) is 1. The zero-order valence-corrected chi connectivity index (χ0v) is 16.8. The fourth-order valence-electron chi connectivity index (χ4n) is 4.30. The first kappa shape index (κ1) is 20.2. The molecule has 0 radical (unpaired) electrons. The maximum absolute atomic E-state index is 13.8. The van der Waals surface area contributed by atoms with Gasteiger partial charge >= 0.3 is 0 Å². The van der Waals surface area contributed by atoms with E-state index in [-0.39, 0.29) is 5.82 Å². The van der Waals surface area contributed by atoms with Crippen molar-refractivity contribution in [3.63, 3.8) is 0 Å². The second-order valence-electron chi connectivity index (χ2n) is 8.14. The van der Waals surface area contributed by atoms with Crippen molar-refractivity contribution in [2.75, 3.05) is 31.9 Å². The van der Waals surface area contributed by atoms with E-state index in [1.165, 1.54) is 11.8 Å². The lowest BCUT2D eigenvalue weighted by Gasteiger charge is -2.37. The molecule has 0 unspecified atom stereocenters. The molecule has 2 saturated heterocycles. The van der Waals surface area contributed by atoms with Gasteiger partial charge in [0.2, 0.25) is 0 Å². The van der Waals surface area contributed by atoms with Crippen LogP contribution in [0.2, 0.25) is 0 Å². The maximum atomic E-state index is 13.8. The molecule has 0 aromatic carbocycles. The summed E-state index contributed by atoms with van der Waals surface area (Å²) in [5.74, 6) is 0.366. The lowest BCUT2D eigenvalue weighted by molar-refractivity contribution is -0.0664. The summed E-state index contributed by atoms with van der Waals surface area (Å²) in [4.78, 5) is 12.6. The number of pyridine rings is 2. The van der Waals surface area contributed by atoms with Crippen molar-refractivity contribution in [1.82, 2.24) is 19.8 Å². The summed E-state index contributed by atoms with van der Waals surface area (Å²) in [5.41, 5.74) is 7.72. The summed E-state index contributed by atoms with van der Waals surface area (Å²) in [6.07, 6.45) is 9.58. The van der Waals surface area contributed by atoms with Crippen molar-refractivity contribution in [3.8, 4) is 0 Å². The molecule has 156 valence electrons. The van der Waals surface area contributed by atoms with Gasteiger partial charge < -0.3 is 10.5 Å². The Balaban J connectivity index is 1.17. The first-order valence-corrected chi connectivity index (χ1v) is 10.5. The van der Waals surface area contributed by atoms with Crippen LogP contribution in [0.5, 0.6) is 0 Å². The zero-order valence-electron chi connectivity index (χ0n) is 16.8. The summed E-state index contributed by atoms with van der Waals surface area (Å²) in [6.45, 7) is 5.58. The Hall–Kier alpha value is -2.09. The van der Waals surface area contributed by atoms with Crippen LogP contribution >= 0.6 is 0 Å². The lowest BCUT2D eigenvalue weighted by Crippen LogP contribution is -2.41. The normalized spacial score (nSPS) is 20.2. The summed E-state index contributed by atoms with van der Waals surface area (Å²) in [5, 5.41) is 0. The molecule has 0 bridgehead atoms. The lowest BCUT2D eigenvalue weighted by atomic mass is 10.0. The van der Waals surface area contributed by atoms with Crippen LogP contribution in [0.3, 0.4) is 0 Å². The van der Waals surface area contributed by atoms with Crippen LogP contribution in [0.15, 0.2) is 36.8 Å². The van der Waals surface area contributed by atoms with Crippen molar-refractivity contribution < 1.29 is 9.13 Å². The smallest absolute Gasteiger partial charge is 0.145 e. The molecule has 4 heterocycles. The van der Waals surface area contributed by atoms with Crippen LogP contribution in [-0.2, 0) is 17.8 Å². The van der Waals surface area contributed by atoms with Crippen LogP contribution in [0.4, 0.5) is 10.2 Å². The Kier molecular flexibility index (Phi) is 6.69. The molecule has 0 amide bonds. The van der Waals surface area contributed by atoms with E-state index in [0.29, 0.717) is 24.6 Å². The number of rotatable bonds is 6. The van der Waals surface area contributed by atoms with E-state index in [9.17, 15) is 4.39 Å². The van der Waals surface area contributed by atoms with Gasteiger partial charge in [0.15, 0.2) is 0 Å². The first-order valence-electron chi connectivity index (χ1n) is 10.5. The second-order valence-corrected chi connectivity index (χ2v) is 8.14. The average molecular weight is 400 g/mol. The number of anilines is 1. The van der Waals surface area contributed by atoms with E-state index in [1.807, 2.05) is 12.1 Å². The van der Waals surface area contributed by atoms with Crippen molar-refractivity contribution >= 4 is 5.82 Å². The summed E-state index contributed by atoms with van der Waals surface area (Å²) in [7, 11) is 0. The van der Waals surface area contributed by atoms with Crippen LogP contribution in [0.1, 0.15) is 36.8 Å². The van der Waals surface area contributed by atoms with E-state index >= 15 is 0 Å². The van der Waals surface area contributed by atoms with Gasteiger partial charge in [0.25, 0.3) is 0 Å². The van der Waals surface area contributed by atoms with Gasteiger partial charge in [0.1, 0.15) is 11.6 Å². The molecule has 2 aromatic heterocycles. The fourth-order valence-corrected chi connectivity index (χ4v) is 4.30. The number of likely N-dealkylation sites (tertiary alicyclic amines) is 2. The molecule has 6 nitrogen and oxygen atoms in total. The van der Waals surface area contributed by atoms with Gasteiger partial charge in [-0.1, -0.05) is 0 Å². The van der Waals surface area contributed by atoms with Crippen LogP contribution in [0, 0.1) is 5.82 Å². The Morgan fingerprint density at radius 2 is 1.62 bits per heavy atom. The van der Waals surface area contributed by atoms with Gasteiger partial charge in [-0.25, -0.2) is 9.37 Å². The summed E-state index contributed by atoms with van der Waals surface area (Å²) >= 11 is 0. The molecule has 7 heteroatoms. The molecule has 0 aliphatic carbocycles. The highest BCUT2D eigenvalue weighted by Gasteiger charge is 2.26. The minimum Gasteiger partial charge on any atom is -0.384 e. The van der Waals surface area contributed by atoms with Crippen LogP contribution in [0.25, 0.3) is 0 Å². The van der Waals surface area contributed by atoms with Gasteiger partial charge in [0.05, 0.1) is 18.4 Å². The highest BCUT2D eigenvalue weighted by molar-refractivity contribution is 5.31. The van der Waals surface area contributed by atoms with E-state index < -0.39 is 0 Å².